The lowest BCUT2D eigenvalue weighted by atomic mass is 10.0. The van der Waals surface area contributed by atoms with Crippen LogP contribution < -0.4 is 16.4 Å². The lowest BCUT2D eigenvalue weighted by Gasteiger charge is -2.29. The van der Waals surface area contributed by atoms with Crippen LogP contribution in [0.3, 0.4) is 0 Å². The molecule has 36 heavy (non-hydrogen) atoms. The number of nitrogens with zero attached hydrogens (tertiary/aromatic N) is 7. The summed E-state index contributed by atoms with van der Waals surface area (Å²) in [5.74, 6) is -1.43. The first-order valence-corrected chi connectivity index (χ1v) is 10.8. The van der Waals surface area contributed by atoms with Gasteiger partial charge >= 0.3 is 0 Å². The SMILES string of the molecule is N#Cc1cnc(CNC(=O)c2cn(-c3ccc4c(c3)C(=O)N(C3CCC(=O)NC3=O)C4)nn2)nc1N. The van der Waals surface area contributed by atoms with Gasteiger partial charge in [-0.25, -0.2) is 14.6 Å². The number of fused-ring (bicyclic) bond motifs is 1. The average molecular weight is 486 g/mol. The van der Waals surface area contributed by atoms with Crippen LogP contribution in [0.5, 0.6) is 0 Å². The van der Waals surface area contributed by atoms with E-state index in [1.165, 1.54) is 22.0 Å². The van der Waals surface area contributed by atoms with Crippen LogP contribution in [0.4, 0.5) is 5.82 Å². The lowest BCUT2D eigenvalue weighted by Crippen LogP contribution is -2.52. The minimum Gasteiger partial charge on any atom is -0.382 e. The number of hydrogen-bond donors (Lipinski definition) is 3. The van der Waals surface area contributed by atoms with Gasteiger partial charge in [0.25, 0.3) is 11.8 Å². The van der Waals surface area contributed by atoms with Gasteiger partial charge in [-0.3, -0.25) is 24.5 Å². The van der Waals surface area contributed by atoms with Crippen LogP contribution in [0.25, 0.3) is 5.69 Å². The van der Waals surface area contributed by atoms with Crippen molar-refractivity contribution in [3.63, 3.8) is 0 Å². The summed E-state index contributed by atoms with van der Waals surface area (Å²) in [6.45, 7) is 0.221. The number of nitrogens with one attached hydrogen (secondary N) is 2. The fraction of sp³-hybridized carbons (Fsp3) is 0.227. The van der Waals surface area contributed by atoms with Crippen molar-refractivity contribution in [3.05, 3.63) is 58.8 Å². The Balaban J connectivity index is 1.27. The second kappa shape index (κ2) is 8.87. The highest BCUT2D eigenvalue weighted by Gasteiger charge is 2.39. The molecule has 4 amide bonds. The Morgan fingerprint density at radius 2 is 2.14 bits per heavy atom. The van der Waals surface area contributed by atoms with Gasteiger partial charge in [0.05, 0.1) is 24.6 Å². The molecule has 1 saturated heterocycles. The van der Waals surface area contributed by atoms with E-state index < -0.39 is 17.9 Å². The molecule has 5 rings (SSSR count). The van der Waals surface area contributed by atoms with Crippen LogP contribution in [0.2, 0.25) is 0 Å². The molecule has 2 aliphatic rings. The summed E-state index contributed by atoms with van der Waals surface area (Å²) < 4.78 is 1.35. The number of nitrogen functional groups attached to an aromatic ring is 1. The number of carbonyl (C=O) groups excluding carboxylic acids is 4. The van der Waals surface area contributed by atoms with E-state index in [9.17, 15) is 19.2 Å². The van der Waals surface area contributed by atoms with Crippen molar-refractivity contribution < 1.29 is 19.2 Å². The minimum absolute atomic E-state index is 0.0185. The maximum absolute atomic E-state index is 13.0. The van der Waals surface area contributed by atoms with Gasteiger partial charge in [0.1, 0.15) is 29.3 Å². The summed E-state index contributed by atoms with van der Waals surface area (Å²) in [6, 6.07) is 6.25. The number of benzene rings is 1. The number of amides is 4. The van der Waals surface area contributed by atoms with Gasteiger partial charge < -0.3 is 16.0 Å². The smallest absolute Gasteiger partial charge is 0.273 e. The molecule has 4 heterocycles. The number of rotatable bonds is 5. The first-order chi connectivity index (χ1) is 17.3. The third-order valence-corrected chi connectivity index (χ3v) is 5.90. The highest BCUT2D eigenvalue weighted by atomic mass is 16.2. The number of carbonyl (C=O) groups is 4. The molecule has 14 heteroatoms. The number of anilines is 1. The molecule has 2 aromatic heterocycles. The molecule has 4 N–H and O–H groups in total. The van der Waals surface area contributed by atoms with E-state index in [2.05, 4.69) is 30.9 Å². The Morgan fingerprint density at radius 3 is 2.89 bits per heavy atom. The Kier molecular flexibility index (Phi) is 5.57. The van der Waals surface area contributed by atoms with Gasteiger partial charge in [-0.1, -0.05) is 11.3 Å². The van der Waals surface area contributed by atoms with Crippen LogP contribution >= 0.6 is 0 Å². The summed E-state index contributed by atoms with van der Waals surface area (Å²) in [5.41, 5.74) is 7.48. The van der Waals surface area contributed by atoms with Gasteiger partial charge in [0, 0.05) is 18.5 Å². The van der Waals surface area contributed by atoms with Gasteiger partial charge in [0.15, 0.2) is 5.69 Å². The second-order valence-corrected chi connectivity index (χ2v) is 8.17. The highest BCUT2D eigenvalue weighted by molar-refractivity contribution is 6.05. The number of hydrogen-bond acceptors (Lipinski definition) is 10. The van der Waals surface area contributed by atoms with E-state index in [0.717, 1.165) is 5.56 Å². The fourth-order valence-corrected chi connectivity index (χ4v) is 4.03. The molecular weight excluding hydrogens is 468 g/mol. The zero-order chi connectivity index (χ0) is 25.4. The molecule has 0 radical (unpaired) electrons. The third-order valence-electron chi connectivity index (χ3n) is 5.90. The minimum atomic E-state index is -0.705. The lowest BCUT2D eigenvalue weighted by molar-refractivity contribution is -0.136. The Bertz CT molecular complexity index is 1470. The number of nitrogens with two attached hydrogens (primary N) is 1. The van der Waals surface area contributed by atoms with Crippen molar-refractivity contribution in [2.45, 2.75) is 32.0 Å². The van der Waals surface area contributed by atoms with Crippen molar-refractivity contribution in [3.8, 4) is 11.8 Å². The maximum Gasteiger partial charge on any atom is 0.273 e. The third kappa shape index (κ3) is 4.09. The molecule has 0 spiro atoms. The normalized spacial score (nSPS) is 16.9. The largest absolute Gasteiger partial charge is 0.382 e. The molecule has 1 atom stereocenters. The fourth-order valence-electron chi connectivity index (χ4n) is 4.03. The van der Waals surface area contributed by atoms with Crippen molar-refractivity contribution in [2.24, 2.45) is 0 Å². The van der Waals surface area contributed by atoms with E-state index in [-0.39, 0.29) is 60.6 Å². The first-order valence-electron chi connectivity index (χ1n) is 10.8. The van der Waals surface area contributed by atoms with Crippen LogP contribution in [0, 0.1) is 11.3 Å². The molecule has 3 aromatic rings. The average Bonchev–Trinajstić information content (AvgIpc) is 3.48. The van der Waals surface area contributed by atoms with Crippen molar-refractivity contribution in [1.82, 2.24) is 40.5 Å². The van der Waals surface area contributed by atoms with Crippen LogP contribution in [0.15, 0.2) is 30.6 Å². The number of imide groups is 1. The van der Waals surface area contributed by atoms with E-state index in [4.69, 9.17) is 11.0 Å². The van der Waals surface area contributed by atoms with E-state index in [1.54, 1.807) is 18.2 Å². The zero-order valence-corrected chi connectivity index (χ0v) is 18.6. The van der Waals surface area contributed by atoms with E-state index in [1.807, 2.05) is 6.07 Å². The molecule has 0 aliphatic carbocycles. The zero-order valence-electron chi connectivity index (χ0n) is 18.6. The van der Waals surface area contributed by atoms with Crippen LogP contribution in [0.1, 0.15) is 50.6 Å². The molecular formula is C22H18N10O4. The second-order valence-electron chi connectivity index (χ2n) is 8.17. The molecule has 0 saturated carbocycles. The molecule has 0 bridgehead atoms. The van der Waals surface area contributed by atoms with Crippen LogP contribution in [-0.4, -0.2) is 59.5 Å². The molecule has 1 aromatic carbocycles. The van der Waals surface area contributed by atoms with Crippen molar-refractivity contribution >= 4 is 29.4 Å². The summed E-state index contributed by atoms with van der Waals surface area (Å²) in [7, 11) is 0. The summed E-state index contributed by atoms with van der Waals surface area (Å²) >= 11 is 0. The van der Waals surface area contributed by atoms with Crippen molar-refractivity contribution in [2.75, 3.05) is 5.73 Å². The summed E-state index contributed by atoms with van der Waals surface area (Å²) in [4.78, 5) is 58.5. The number of nitriles is 1. The number of piperidine rings is 1. The monoisotopic (exact) mass is 486 g/mol. The molecule has 1 unspecified atom stereocenters. The first kappa shape index (κ1) is 22.6. The molecule has 2 aliphatic heterocycles. The molecule has 1 fully saturated rings. The van der Waals surface area contributed by atoms with E-state index in [0.29, 0.717) is 11.3 Å². The summed E-state index contributed by atoms with van der Waals surface area (Å²) in [5, 5.41) is 21.6. The van der Waals surface area contributed by atoms with E-state index >= 15 is 0 Å². The Hall–Kier alpha value is -5.19. The number of aromatic nitrogens is 5. The van der Waals surface area contributed by atoms with Gasteiger partial charge in [-0.2, -0.15) is 5.26 Å². The van der Waals surface area contributed by atoms with Gasteiger partial charge in [0.2, 0.25) is 11.8 Å². The Labute approximate surface area is 203 Å². The maximum atomic E-state index is 13.0. The van der Waals surface area contributed by atoms with Crippen LogP contribution in [-0.2, 0) is 22.7 Å². The molecule has 14 nitrogen and oxygen atoms in total. The van der Waals surface area contributed by atoms with Gasteiger partial charge in [-0.05, 0) is 24.1 Å². The topological polar surface area (TPSA) is 202 Å². The predicted molar refractivity (Wildman–Crippen MR) is 120 cm³/mol. The predicted octanol–water partition coefficient (Wildman–Crippen LogP) is -0.798. The standard InChI is InChI=1S/C22H18N10O4/c23-6-12-7-25-17(27-19(12)24)8-26-20(34)15-10-32(30-29-15)13-2-1-11-9-31(22(36)14(11)5-13)16-3-4-18(33)28-21(16)35/h1-2,5,7,10,16H,3-4,8-9H2,(H,26,34)(H2,24,25,27)(H,28,33,35). The Morgan fingerprint density at radius 1 is 1.31 bits per heavy atom. The van der Waals surface area contributed by atoms with Gasteiger partial charge in [-0.15, -0.1) is 5.10 Å². The summed E-state index contributed by atoms with van der Waals surface area (Å²) in [6.07, 6.45) is 3.13. The quantitative estimate of drug-likeness (QED) is 0.383. The molecule has 180 valence electrons. The highest BCUT2D eigenvalue weighted by Crippen LogP contribution is 2.29. The van der Waals surface area contributed by atoms with Crippen molar-refractivity contribution in [1.29, 1.82) is 5.26 Å².